The number of hydrogen-bond donors (Lipinski definition) is 1. The minimum atomic E-state index is -0.639. The van der Waals surface area contributed by atoms with Crippen molar-refractivity contribution in [3.63, 3.8) is 0 Å². The van der Waals surface area contributed by atoms with Crippen LogP contribution < -0.4 is 5.32 Å². The lowest BCUT2D eigenvalue weighted by atomic mass is 9.46. The van der Waals surface area contributed by atoms with Crippen LogP contribution in [0.15, 0.2) is 96.4 Å². The van der Waals surface area contributed by atoms with Gasteiger partial charge in [0.1, 0.15) is 0 Å². The van der Waals surface area contributed by atoms with Gasteiger partial charge in [0.05, 0.1) is 24.3 Å². The molecule has 1 aliphatic heterocycles. The van der Waals surface area contributed by atoms with Crippen molar-refractivity contribution in [2.24, 2.45) is 5.41 Å². The van der Waals surface area contributed by atoms with Gasteiger partial charge in [-0.25, -0.2) is 4.98 Å². The van der Waals surface area contributed by atoms with Crippen LogP contribution in [0.25, 0.3) is 22.0 Å². The van der Waals surface area contributed by atoms with E-state index in [9.17, 15) is 4.79 Å². The van der Waals surface area contributed by atoms with Crippen molar-refractivity contribution >= 4 is 33.1 Å². The zero-order valence-corrected chi connectivity index (χ0v) is 24.5. The normalized spacial score (nSPS) is 24.7. The standard InChI is InChI=1S/C36H33N3O2S/c1-35(33(40)38-34-37-31(21-42-34)26-14-8-10-24-9-2-3-11-25(24)26)22-36(23-39-17-19-41-20-18-39)29-15-6-4-12-27(29)32(35)28-13-5-7-16-30(28)36/h2-16,21,32H,17-20,22-23H2,1H3,(H,37,38,40). The van der Waals surface area contributed by atoms with E-state index < -0.39 is 5.41 Å². The van der Waals surface area contributed by atoms with Gasteiger partial charge in [-0.15, -0.1) is 11.3 Å². The third-order valence-corrected chi connectivity index (χ3v) is 10.5. The highest BCUT2D eigenvalue weighted by molar-refractivity contribution is 7.14. The van der Waals surface area contributed by atoms with Crippen LogP contribution in [0.4, 0.5) is 5.13 Å². The molecule has 6 heteroatoms. The molecule has 4 aliphatic rings. The number of anilines is 1. The van der Waals surface area contributed by atoms with Crippen molar-refractivity contribution in [2.45, 2.75) is 24.7 Å². The van der Waals surface area contributed by atoms with E-state index in [4.69, 9.17) is 9.72 Å². The maximum atomic E-state index is 14.5. The van der Waals surface area contributed by atoms with Gasteiger partial charge >= 0.3 is 0 Å². The van der Waals surface area contributed by atoms with Crippen LogP contribution in [0, 0.1) is 5.41 Å². The Balaban J connectivity index is 1.18. The Kier molecular flexibility index (Phi) is 6.07. The molecule has 4 aromatic carbocycles. The molecule has 0 saturated carbocycles. The topological polar surface area (TPSA) is 54.5 Å². The van der Waals surface area contributed by atoms with Crippen molar-refractivity contribution < 1.29 is 9.53 Å². The number of aromatic nitrogens is 1. The van der Waals surface area contributed by atoms with Crippen LogP contribution in [-0.2, 0) is 14.9 Å². The maximum Gasteiger partial charge on any atom is 0.233 e. The van der Waals surface area contributed by atoms with Gasteiger partial charge in [-0.1, -0.05) is 91.0 Å². The summed E-state index contributed by atoms with van der Waals surface area (Å²) in [4.78, 5) is 22.0. The predicted molar refractivity (Wildman–Crippen MR) is 169 cm³/mol. The molecule has 2 bridgehead atoms. The van der Waals surface area contributed by atoms with E-state index in [2.05, 4.69) is 114 Å². The van der Waals surface area contributed by atoms with E-state index in [1.54, 1.807) is 0 Å². The van der Waals surface area contributed by atoms with Gasteiger partial charge in [-0.05, 0) is 46.4 Å². The lowest BCUT2D eigenvalue weighted by Crippen LogP contribution is -2.58. The molecule has 9 rings (SSSR count). The monoisotopic (exact) mass is 571 g/mol. The molecule has 1 amide bonds. The van der Waals surface area contributed by atoms with E-state index in [-0.39, 0.29) is 17.2 Å². The molecule has 1 N–H and O–H groups in total. The highest BCUT2D eigenvalue weighted by Gasteiger charge is 2.60. The second-order valence-corrected chi connectivity index (χ2v) is 13.0. The first-order valence-electron chi connectivity index (χ1n) is 14.8. The number of rotatable bonds is 5. The molecule has 42 heavy (non-hydrogen) atoms. The second-order valence-electron chi connectivity index (χ2n) is 12.2. The average molecular weight is 572 g/mol. The first-order valence-corrected chi connectivity index (χ1v) is 15.7. The third kappa shape index (κ3) is 3.89. The quantitative estimate of drug-likeness (QED) is 0.245. The van der Waals surface area contributed by atoms with E-state index in [0.29, 0.717) is 5.13 Å². The largest absolute Gasteiger partial charge is 0.379 e. The van der Waals surface area contributed by atoms with Gasteiger partial charge < -0.3 is 10.1 Å². The summed E-state index contributed by atoms with van der Waals surface area (Å²) in [6, 6.07) is 32.3. The van der Waals surface area contributed by atoms with Crippen molar-refractivity contribution in [1.82, 2.24) is 9.88 Å². The number of amides is 1. The van der Waals surface area contributed by atoms with Gasteiger partial charge in [0.25, 0.3) is 0 Å². The summed E-state index contributed by atoms with van der Waals surface area (Å²) >= 11 is 1.50. The van der Waals surface area contributed by atoms with E-state index >= 15 is 0 Å². The highest BCUT2D eigenvalue weighted by atomic mass is 32.1. The molecule has 1 aromatic heterocycles. The van der Waals surface area contributed by atoms with Crippen LogP contribution in [0.2, 0.25) is 0 Å². The number of thiazole rings is 1. The number of morpholine rings is 1. The number of benzene rings is 4. The summed E-state index contributed by atoms with van der Waals surface area (Å²) < 4.78 is 5.70. The summed E-state index contributed by atoms with van der Waals surface area (Å²) in [5.41, 5.74) is 6.37. The Morgan fingerprint density at radius 1 is 0.929 bits per heavy atom. The Morgan fingerprint density at radius 3 is 2.36 bits per heavy atom. The van der Waals surface area contributed by atoms with Gasteiger partial charge in [0, 0.05) is 41.9 Å². The Morgan fingerprint density at radius 2 is 1.60 bits per heavy atom. The van der Waals surface area contributed by atoms with Gasteiger partial charge in [0.15, 0.2) is 5.13 Å². The first-order chi connectivity index (χ1) is 20.6. The van der Waals surface area contributed by atoms with Crippen LogP contribution in [0.1, 0.15) is 41.5 Å². The summed E-state index contributed by atoms with van der Waals surface area (Å²) in [7, 11) is 0. The summed E-state index contributed by atoms with van der Waals surface area (Å²) in [5, 5.41) is 8.34. The predicted octanol–water partition coefficient (Wildman–Crippen LogP) is 7.08. The summed E-state index contributed by atoms with van der Waals surface area (Å²) in [6.45, 7) is 6.38. The smallest absolute Gasteiger partial charge is 0.233 e. The van der Waals surface area contributed by atoms with Gasteiger partial charge in [-0.3, -0.25) is 9.69 Å². The maximum absolute atomic E-state index is 14.5. The second kappa shape index (κ2) is 9.87. The Labute approximate surface area is 250 Å². The zero-order chi connectivity index (χ0) is 28.3. The van der Waals surface area contributed by atoms with Crippen molar-refractivity contribution in [1.29, 1.82) is 0 Å². The number of nitrogens with one attached hydrogen (secondary N) is 1. The fraction of sp³-hybridized carbons (Fsp3) is 0.278. The molecular formula is C36H33N3O2S. The molecule has 0 spiro atoms. The van der Waals surface area contributed by atoms with Crippen molar-refractivity contribution in [2.75, 3.05) is 38.2 Å². The first kappa shape index (κ1) is 25.8. The number of ether oxygens (including phenoxy) is 1. The molecule has 3 aliphatic carbocycles. The van der Waals surface area contributed by atoms with Crippen molar-refractivity contribution in [3.8, 4) is 11.3 Å². The lowest BCUT2D eigenvalue weighted by molar-refractivity contribution is -0.128. The molecule has 2 heterocycles. The molecule has 5 aromatic rings. The van der Waals surface area contributed by atoms with Gasteiger partial charge in [-0.2, -0.15) is 0 Å². The van der Waals surface area contributed by atoms with Crippen molar-refractivity contribution in [3.05, 3.63) is 119 Å². The molecule has 1 unspecified atom stereocenters. The fourth-order valence-electron chi connectivity index (χ4n) is 8.01. The summed E-state index contributed by atoms with van der Waals surface area (Å²) in [5.74, 6) is 0.0237. The number of carbonyl (C=O) groups is 1. The van der Waals surface area contributed by atoms with E-state index in [1.807, 2.05) is 0 Å². The molecule has 5 nitrogen and oxygen atoms in total. The SMILES string of the molecule is CC1(C(=O)Nc2nc(-c3cccc4ccccc34)cs2)CC2(CN3CCOCC3)c3ccccc3C1c1ccccc12. The van der Waals surface area contributed by atoms with Crippen LogP contribution in [-0.4, -0.2) is 48.6 Å². The molecule has 0 radical (unpaired) electrons. The molecule has 1 fully saturated rings. The highest BCUT2D eigenvalue weighted by Crippen LogP contribution is 2.64. The minimum absolute atomic E-state index is 0.0195. The van der Waals surface area contributed by atoms with Crippen LogP contribution in [0.3, 0.4) is 0 Å². The van der Waals surface area contributed by atoms with E-state index in [1.165, 1.54) is 39.0 Å². The van der Waals surface area contributed by atoms with Crippen LogP contribution >= 0.6 is 11.3 Å². The molecular weight excluding hydrogens is 538 g/mol. The number of carbonyl (C=O) groups excluding carboxylic acids is 1. The number of fused-ring (bicyclic) bond motifs is 2. The van der Waals surface area contributed by atoms with E-state index in [0.717, 1.165) is 55.9 Å². The minimum Gasteiger partial charge on any atom is -0.379 e. The molecule has 1 atom stereocenters. The number of hydrogen-bond acceptors (Lipinski definition) is 5. The average Bonchev–Trinajstić information content (AvgIpc) is 3.49. The third-order valence-electron chi connectivity index (χ3n) is 9.79. The Hall–Kier alpha value is -3.84. The Bertz CT molecular complexity index is 1770. The molecule has 1 saturated heterocycles. The summed E-state index contributed by atoms with van der Waals surface area (Å²) in [6.07, 6.45) is 0.753. The fourth-order valence-corrected chi connectivity index (χ4v) is 8.72. The van der Waals surface area contributed by atoms with Crippen LogP contribution in [0.5, 0.6) is 0 Å². The van der Waals surface area contributed by atoms with Gasteiger partial charge in [0.2, 0.25) is 5.91 Å². The molecule has 210 valence electrons. The lowest BCUT2D eigenvalue weighted by Gasteiger charge is -2.58. The number of nitrogens with zero attached hydrogens (tertiary/aromatic N) is 2. The zero-order valence-electron chi connectivity index (χ0n) is 23.7.